The van der Waals surface area contributed by atoms with Gasteiger partial charge in [-0.2, -0.15) is 0 Å². The van der Waals surface area contributed by atoms with Gasteiger partial charge in [-0.25, -0.2) is 4.79 Å². The fourth-order valence-corrected chi connectivity index (χ4v) is 2.16. The van der Waals surface area contributed by atoms with E-state index in [0.717, 1.165) is 11.1 Å². The van der Waals surface area contributed by atoms with E-state index in [2.05, 4.69) is 0 Å². The first-order chi connectivity index (χ1) is 9.52. The number of benzene rings is 1. The molecule has 0 N–H and O–H groups in total. The number of hydrogen-bond donors (Lipinski definition) is 0. The second kappa shape index (κ2) is 7.63. The second-order valence-corrected chi connectivity index (χ2v) is 4.71. The van der Waals surface area contributed by atoms with Gasteiger partial charge in [-0.15, -0.1) is 0 Å². The minimum Gasteiger partial charge on any atom is -0.462 e. The van der Waals surface area contributed by atoms with Crippen LogP contribution in [0.1, 0.15) is 44.7 Å². The van der Waals surface area contributed by atoms with E-state index in [9.17, 15) is 9.59 Å². The quantitative estimate of drug-likeness (QED) is 0.344. The summed E-state index contributed by atoms with van der Waals surface area (Å²) in [5.74, 6) is -0.668. The molecule has 20 heavy (non-hydrogen) atoms. The standard InChI is InChI=1S/C17H22O3/c1-5-9-15(18)16(17(19)20-6-2)13(4)14-11-8-7-10-12(14)3/h7-8,10-11H,5-6,9H2,1-4H3/b16-13+. The van der Waals surface area contributed by atoms with Crippen molar-refractivity contribution in [2.75, 3.05) is 6.61 Å². The Morgan fingerprint density at radius 3 is 2.35 bits per heavy atom. The van der Waals surface area contributed by atoms with E-state index in [0.29, 0.717) is 18.4 Å². The molecule has 108 valence electrons. The van der Waals surface area contributed by atoms with Crippen LogP contribution >= 0.6 is 0 Å². The Hall–Kier alpha value is -1.90. The highest BCUT2D eigenvalue weighted by Crippen LogP contribution is 2.24. The minimum absolute atomic E-state index is 0.147. The summed E-state index contributed by atoms with van der Waals surface area (Å²) in [6.07, 6.45) is 1.07. The molecule has 0 saturated carbocycles. The van der Waals surface area contributed by atoms with E-state index in [-0.39, 0.29) is 18.0 Å². The Bertz CT molecular complexity index is 507. The van der Waals surface area contributed by atoms with E-state index >= 15 is 0 Å². The van der Waals surface area contributed by atoms with Crippen LogP contribution in [0.15, 0.2) is 29.8 Å². The molecule has 1 aromatic rings. The van der Waals surface area contributed by atoms with Crippen molar-refractivity contribution in [3.8, 4) is 0 Å². The Kier molecular flexibility index (Phi) is 6.16. The van der Waals surface area contributed by atoms with E-state index in [1.165, 1.54) is 0 Å². The number of Topliss-reactive ketones (excluding diaryl/α,β-unsaturated/α-hetero) is 1. The molecule has 0 unspecified atom stereocenters. The fraction of sp³-hybridized carbons (Fsp3) is 0.412. The van der Waals surface area contributed by atoms with Gasteiger partial charge in [-0.3, -0.25) is 4.79 Å². The molecule has 0 bridgehead atoms. The molecule has 1 rings (SSSR count). The summed E-state index contributed by atoms with van der Waals surface area (Å²) in [5, 5.41) is 0. The van der Waals surface area contributed by atoms with Crippen LogP contribution in [-0.4, -0.2) is 18.4 Å². The second-order valence-electron chi connectivity index (χ2n) is 4.71. The normalized spacial score (nSPS) is 11.8. The van der Waals surface area contributed by atoms with E-state index in [1.807, 2.05) is 45.0 Å². The maximum atomic E-state index is 12.2. The molecule has 0 spiro atoms. The molecule has 0 aliphatic rings. The van der Waals surface area contributed by atoms with Crippen LogP contribution in [0.25, 0.3) is 5.57 Å². The van der Waals surface area contributed by atoms with Crippen molar-refractivity contribution >= 4 is 17.3 Å². The zero-order chi connectivity index (χ0) is 15.1. The summed E-state index contributed by atoms with van der Waals surface area (Å²) in [4.78, 5) is 24.3. The molecule has 0 saturated heterocycles. The van der Waals surface area contributed by atoms with Crippen molar-refractivity contribution in [1.82, 2.24) is 0 Å². The smallest absolute Gasteiger partial charge is 0.342 e. The Balaban J connectivity index is 3.33. The third-order valence-electron chi connectivity index (χ3n) is 3.16. The lowest BCUT2D eigenvalue weighted by atomic mass is 9.94. The molecule has 0 aromatic heterocycles. The van der Waals surface area contributed by atoms with Crippen LogP contribution < -0.4 is 0 Å². The van der Waals surface area contributed by atoms with Crippen molar-refractivity contribution < 1.29 is 14.3 Å². The number of ketones is 1. The lowest BCUT2D eigenvalue weighted by Gasteiger charge is -2.12. The molecule has 0 aliphatic heterocycles. The lowest BCUT2D eigenvalue weighted by molar-refractivity contribution is -0.139. The SMILES string of the molecule is CCCC(=O)/C(C(=O)OCC)=C(/C)c1ccccc1C. The number of hydrogen-bond acceptors (Lipinski definition) is 3. The van der Waals surface area contributed by atoms with Gasteiger partial charge < -0.3 is 4.74 Å². The number of carbonyl (C=O) groups excluding carboxylic acids is 2. The molecule has 0 fully saturated rings. The van der Waals surface area contributed by atoms with Gasteiger partial charge in [0.2, 0.25) is 0 Å². The topological polar surface area (TPSA) is 43.4 Å². The van der Waals surface area contributed by atoms with Crippen LogP contribution in [-0.2, 0) is 14.3 Å². The average molecular weight is 274 g/mol. The van der Waals surface area contributed by atoms with Crippen molar-refractivity contribution in [2.24, 2.45) is 0 Å². The van der Waals surface area contributed by atoms with Crippen LogP contribution in [0.3, 0.4) is 0 Å². The maximum Gasteiger partial charge on any atom is 0.342 e. The Morgan fingerprint density at radius 1 is 1.15 bits per heavy atom. The molecule has 3 nitrogen and oxygen atoms in total. The fourth-order valence-electron chi connectivity index (χ4n) is 2.16. The summed E-state index contributed by atoms with van der Waals surface area (Å²) < 4.78 is 5.04. The van der Waals surface area contributed by atoms with Gasteiger partial charge >= 0.3 is 5.97 Å². The molecule has 0 amide bonds. The molecule has 3 heteroatoms. The number of aryl methyl sites for hydroxylation is 1. The molecule has 0 aliphatic carbocycles. The number of esters is 1. The van der Waals surface area contributed by atoms with Crippen molar-refractivity contribution in [1.29, 1.82) is 0 Å². The Morgan fingerprint density at radius 2 is 1.80 bits per heavy atom. The van der Waals surface area contributed by atoms with Gasteiger partial charge in [0.05, 0.1) is 6.61 Å². The van der Waals surface area contributed by atoms with Crippen LogP contribution in [0.2, 0.25) is 0 Å². The molecular formula is C17H22O3. The van der Waals surface area contributed by atoms with Gasteiger partial charge in [0.15, 0.2) is 5.78 Å². The molecule has 0 radical (unpaired) electrons. The minimum atomic E-state index is -0.522. The van der Waals surface area contributed by atoms with Gasteiger partial charge in [-0.1, -0.05) is 31.2 Å². The largest absolute Gasteiger partial charge is 0.462 e. The summed E-state index contributed by atoms with van der Waals surface area (Å²) in [5.41, 5.74) is 2.83. The number of allylic oxidation sites excluding steroid dienone is 1. The first kappa shape index (κ1) is 16.2. The summed E-state index contributed by atoms with van der Waals surface area (Å²) >= 11 is 0. The van der Waals surface area contributed by atoms with Crippen LogP contribution in [0.4, 0.5) is 0 Å². The van der Waals surface area contributed by atoms with E-state index in [4.69, 9.17) is 4.74 Å². The molecule has 0 atom stereocenters. The summed E-state index contributed by atoms with van der Waals surface area (Å²) in [6, 6.07) is 7.72. The first-order valence-electron chi connectivity index (χ1n) is 7.00. The highest BCUT2D eigenvalue weighted by molar-refractivity contribution is 6.22. The van der Waals surface area contributed by atoms with Crippen molar-refractivity contribution in [2.45, 2.75) is 40.5 Å². The monoisotopic (exact) mass is 274 g/mol. The molecule has 1 aromatic carbocycles. The maximum absolute atomic E-state index is 12.2. The highest BCUT2D eigenvalue weighted by atomic mass is 16.5. The van der Waals surface area contributed by atoms with Gasteiger partial charge in [-0.05, 0) is 43.9 Å². The van der Waals surface area contributed by atoms with Gasteiger partial charge in [0.25, 0.3) is 0 Å². The zero-order valence-electron chi connectivity index (χ0n) is 12.7. The van der Waals surface area contributed by atoms with Gasteiger partial charge in [0, 0.05) is 6.42 Å². The number of rotatable bonds is 6. The number of carbonyl (C=O) groups is 2. The lowest BCUT2D eigenvalue weighted by Crippen LogP contribution is -2.17. The van der Waals surface area contributed by atoms with E-state index < -0.39 is 5.97 Å². The van der Waals surface area contributed by atoms with Gasteiger partial charge in [0.1, 0.15) is 5.57 Å². The summed E-state index contributed by atoms with van der Waals surface area (Å²) in [7, 11) is 0. The van der Waals surface area contributed by atoms with E-state index in [1.54, 1.807) is 6.92 Å². The average Bonchev–Trinajstić information content (AvgIpc) is 2.40. The van der Waals surface area contributed by atoms with Crippen LogP contribution in [0, 0.1) is 6.92 Å². The van der Waals surface area contributed by atoms with Crippen molar-refractivity contribution in [3.05, 3.63) is 41.0 Å². The van der Waals surface area contributed by atoms with Crippen molar-refractivity contribution in [3.63, 3.8) is 0 Å². The number of ether oxygens (including phenoxy) is 1. The predicted molar refractivity (Wildman–Crippen MR) is 80.3 cm³/mol. The predicted octanol–water partition coefficient (Wildman–Crippen LogP) is 3.70. The van der Waals surface area contributed by atoms with Crippen LogP contribution in [0.5, 0.6) is 0 Å². The zero-order valence-corrected chi connectivity index (χ0v) is 12.7. The highest BCUT2D eigenvalue weighted by Gasteiger charge is 2.22. The third-order valence-corrected chi connectivity index (χ3v) is 3.16. The molecule has 0 heterocycles. The molecular weight excluding hydrogens is 252 g/mol. The first-order valence-corrected chi connectivity index (χ1v) is 7.00. The Labute approximate surface area is 120 Å². The third kappa shape index (κ3) is 3.80. The summed E-state index contributed by atoms with van der Waals surface area (Å²) in [6.45, 7) is 7.70.